The van der Waals surface area contributed by atoms with Crippen LogP contribution in [-0.2, 0) is 0 Å². The molecule has 0 bridgehead atoms. The first kappa shape index (κ1) is 27.7. The molecule has 0 amide bonds. The molecule has 0 saturated carbocycles. The SMILES string of the molecule is c1ccc(-c2nc(-c3ccc(-n4c5ccc6c(c7cccc8c9ccccc9n6c87)c5c5ccc6ccccc6c54)cc3)nc3ccccc23)cc1. The van der Waals surface area contributed by atoms with Crippen molar-refractivity contribution in [3.8, 4) is 28.3 Å². The fraction of sp³-hybridized carbons (Fsp3) is 0. The molecule has 240 valence electrons. The van der Waals surface area contributed by atoms with Crippen LogP contribution in [-0.4, -0.2) is 18.9 Å². The lowest BCUT2D eigenvalue weighted by Gasteiger charge is -2.12. The molecule has 0 atom stereocenters. The molecule has 4 nitrogen and oxygen atoms in total. The highest BCUT2D eigenvalue weighted by Crippen LogP contribution is 2.46. The fourth-order valence-corrected chi connectivity index (χ4v) is 8.84. The number of rotatable bonds is 3. The Kier molecular flexibility index (Phi) is 5.47. The molecule has 12 aromatic rings. The third-order valence-corrected chi connectivity index (χ3v) is 11.0. The molecular weight excluding hydrogens is 633 g/mol. The Morgan fingerprint density at radius 1 is 0.365 bits per heavy atom. The van der Waals surface area contributed by atoms with Gasteiger partial charge in [0.25, 0.3) is 0 Å². The maximum atomic E-state index is 5.15. The lowest BCUT2D eigenvalue weighted by atomic mass is 10.0. The Labute approximate surface area is 297 Å². The van der Waals surface area contributed by atoms with Crippen molar-refractivity contribution >= 4 is 81.6 Å². The van der Waals surface area contributed by atoms with Crippen LogP contribution in [0.5, 0.6) is 0 Å². The Hall–Kier alpha value is -7.04. The molecule has 0 unspecified atom stereocenters. The van der Waals surface area contributed by atoms with Crippen molar-refractivity contribution in [2.45, 2.75) is 0 Å². The summed E-state index contributed by atoms with van der Waals surface area (Å²) in [5.74, 6) is 0.719. The Bertz CT molecular complexity index is 3390. The zero-order valence-corrected chi connectivity index (χ0v) is 28.0. The predicted octanol–water partition coefficient (Wildman–Crippen LogP) is 12.4. The monoisotopic (exact) mass is 660 g/mol. The molecule has 0 radical (unpaired) electrons. The van der Waals surface area contributed by atoms with Crippen LogP contribution in [0.2, 0.25) is 0 Å². The van der Waals surface area contributed by atoms with Crippen molar-refractivity contribution in [2.24, 2.45) is 0 Å². The van der Waals surface area contributed by atoms with Crippen LogP contribution < -0.4 is 0 Å². The Morgan fingerprint density at radius 2 is 1.04 bits per heavy atom. The molecule has 0 aliphatic heterocycles. The van der Waals surface area contributed by atoms with E-state index in [2.05, 4.69) is 167 Å². The van der Waals surface area contributed by atoms with Crippen LogP contribution in [0, 0.1) is 0 Å². The molecule has 0 spiro atoms. The number of nitrogens with zero attached hydrogens (tertiary/aromatic N) is 4. The molecule has 8 aromatic carbocycles. The highest BCUT2D eigenvalue weighted by molar-refractivity contribution is 6.34. The molecule has 52 heavy (non-hydrogen) atoms. The van der Waals surface area contributed by atoms with Crippen molar-refractivity contribution in [3.05, 3.63) is 170 Å². The summed E-state index contributed by atoms with van der Waals surface area (Å²) in [5.41, 5.74) is 11.2. The number of fused-ring (bicyclic) bond motifs is 13. The van der Waals surface area contributed by atoms with Gasteiger partial charge in [0.2, 0.25) is 0 Å². The molecule has 0 fully saturated rings. The zero-order valence-electron chi connectivity index (χ0n) is 28.0. The minimum Gasteiger partial charge on any atom is -0.309 e. The number of para-hydroxylation sites is 3. The molecule has 4 heteroatoms. The summed E-state index contributed by atoms with van der Waals surface area (Å²) in [6.45, 7) is 0. The second-order valence-electron chi connectivity index (χ2n) is 13.8. The van der Waals surface area contributed by atoms with E-state index in [-0.39, 0.29) is 0 Å². The second-order valence-corrected chi connectivity index (χ2v) is 13.8. The summed E-state index contributed by atoms with van der Waals surface area (Å²) >= 11 is 0. The van der Waals surface area contributed by atoms with E-state index >= 15 is 0 Å². The Balaban J connectivity index is 1.13. The van der Waals surface area contributed by atoms with Crippen LogP contribution in [0.1, 0.15) is 0 Å². The predicted molar refractivity (Wildman–Crippen MR) is 217 cm³/mol. The lowest BCUT2D eigenvalue weighted by Crippen LogP contribution is -1.97. The van der Waals surface area contributed by atoms with Crippen LogP contribution in [0.25, 0.3) is 110 Å². The van der Waals surface area contributed by atoms with Gasteiger partial charge in [-0.2, -0.15) is 0 Å². The number of hydrogen-bond donors (Lipinski definition) is 0. The van der Waals surface area contributed by atoms with Gasteiger partial charge in [0, 0.05) is 59.9 Å². The van der Waals surface area contributed by atoms with Crippen LogP contribution in [0.15, 0.2) is 170 Å². The average Bonchev–Trinajstić information content (AvgIpc) is 3.86. The zero-order chi connectivity index (χ0) is 33.9. The summed E-state index contributed by atoms with van der Waals surface area (Å²) in [5, 5.41) is 11.2. The van der Waals surface area contributed by atoms with Crippen molar-refractivity contribution in [1.82, 2.24) is 18.9 Å². The summed E-state index contributed by atoms with van der Waals surface area (Å²) in [6.07, 6.45) is 0. The molecule has 0 aliphatic rings. The van der Waals surface area contributed by atoms with Crippen LogP contribution in [0.4, 0.5) is 0 Å². The largest absolute Gasteiger partial charge is 0.309 e. The van der Waals surface area contributed by atoms with Crippen molar-refractivity contribution < 1.29 is 0 Å². The van der Waals surface area contributed by atoms with Gasteiger partial charge in [-0.3, -0.25) is 0 Å². The molecule has 12 rings (SSSR count). The number of hydrogen-bond acceptors (Lipinski definition) is 2. The Morgan fingerprint density at radius 3 is 1.92 bits per heavy atom. The summed E-state index contributed by atoms with van der Waals surface area (Å²) in [4.78, 5) is 10.2. The van der Waals surface area contributed by atoms with Gasteiger partial charge in [-0.1, -0.05) is 121 Å². The lowest BCUT2D eigenvalue weighted by molar-refractivity contribution is 1.18. The smallest absolute Gasteiger partial charge is 0.160 e. The van der Waals surface area contributed by atoms with Crippen molar-refractivity contribution in [2.75, 3.05) is 0 Å². The standard InChI is InChI=1S/C48H28N4/c1-2-12-30(13-3-1)45-36-16-6-8-19-39(36)49-48(50-45)31-21-24-32(25-22-31)51-41-27-28-42-43(44(41)38-26-23-29-11-4-5-14-33(29)46(38)51)37-18-10-17-35-34-15-7-9-20-40(34)52(42)47(35)37/h1-28H. The third-order valence-electron chi connectivity index (χ3n) is 11.0. The minimum absolute atomic E-state index is 0.719. The van der Waals surface area contributed by atoms with E-state index in [1.54, 1.807) is 0 Å². The highest BCUT2D eigenvalue weighted by atomic mass is 15.0. The maximum absolute atomic E-state index is 5.15. The van der Waals surface area contributed by atoms with E-state index in [4.69, 9.17) is 9.97 Å². The molecule has 4 heterocycles. The van der Waals surface area contributed by atoms with Gasteiger partial charge in [0.15, 0.2) is 5.82 Å². The van der Waals surface area contributed by atoms with Gasteiger partial charge >= 0.3 is 0 Å². The summed E-state index contributed by atoms with van der Waals surface area (Å²) < 4.78 is 4.93. The first-order chi connectivity index (χ1) is 25.8. The highest BCUT2D eigenvalue weighted by Gasteiger charge is 2.23. The van der Waals surface area contributed by atoms with Gasteiger partial charge in [-0.05, 0) is 53.9 Å². The normalized spacial score (nSPS) is 12.2. The molecule has 0 N–H and O–H groups in total. The number of aromatic nitrogens is 4. The van der Waals surface area contributed by atoms with Gasteiger partial charge in [0.1, 0.15) is 0 Å². The maximum Gasteiger partial charge on any atom is 0.160 e. The minimum atomic E-state index is 0.719. The first-order valence-electron chi connectivity index (χ1n) is 17.8. The summed E-state index contributed by atoms with van der Waals surface area (Å²) in [7, 11) is 0. The van der Waals surface area contributed by atoms with Crippen molar-refractivity contribution in [1.29, 1.82) is 0 Å². The molecular formula is C48H28N4. The van der Waals surface area contributed by atoms with Crippen LogP contribution >= 0.6 is 0 Å². The molecule has 0 saturated heterocycles. The van der Waals surface area contributed by atoms with E-state index < -0.39 is 0 Å². The van der Waals surface area contributed by atoms with E-state index in [0.29, 0.717) is 0 Å². The molecule has 4 aromatic heterocycles. The van der Waals surface area contributed by atoms with Gasteiger partial charge in [-0.15, -0.1) is 0 Å². The van der Waals surface area contributed by atoms with E-state index in [1.807, 2.05) is 12.1 Å². The fourth-order valence-electron chi connectivity index (χ4n) is 8.84. The third kappa shape index (κ3) is 3.65. The van der Waals surface area contributed by atoms with E-state index in [0.717, 1.165) is 39.2 Å². The summed E-state index contributed by atoms with van der Waals surface area (Å²) in [6, 6.07) is 61.0. The van der Waals surface area contributed by atoms with Gasteiger partial charge in [-0.25, -0.2) is 9.97 Å². The first-order valence-corrected chi connectivity index (χ1v) is 17.8. The topological polar surface area (TPSA) is 35.1 Å². The van der Waals surface area contributed by atoms with Crippen molar-refractivity contribution in [3.63, 3.8) is 0 Å². The van der Waals surface area contributed by atoms with E-state index in [9.17, 15) is 0 Å². The molecule has 0 aliphatic carbocycles. The van der Waals surface area contributed by atoms with Gasteiger partial charge < -0.3 is 8.97 Å². The quantitative estimate of drug-likeness (QED) is 0.189. The number of benzene rings is 8. The van der Waals surface area contributed by atoms with E-state index in [1.165, 1.54) is 70.7 Å². The van der Waals surface area contributed by atoms with Gasteiger partial charge in [0.05, 0.1) is 38.8 Å². The second kappa shape index (κ2) is 10.3. The van der Waals surface area contributed by atoms with Crippen LogP contribution in [0.3, 0.4) is 0 Å². The average molecular weight is 661 g/mol.